The number of ether oxygens (including phenoxy) is 1. The maximum Gasteiger partial charge on any atom is 0.320 e. The molecule has 1 heterocycles. The summed E-state index contributed by atoms with van der Waals surface area (Å²) in [6, 6.07) is -0.540. The summed E-state index contributed by atoms with van der Waals surface area (Å²) < 4.78 is 5.60. The number of carbonyl (C=O) groups is 1. The Morgan fingerprint density at radius 3 is 2.73 bits per heavy atom. The first kappa shape index (κ1) is 12.4. The van der Waals surface area contributed by atoms with E-state index >= 15 is 0 Å². The second kappa shape index (κ2) is 4.47. The molecule has 0 amide bonds. The predicted octanol–water partition coefficient (Wildman–Crippen LogP) is -0.0688. The van der Waals surface area contributed by atoms with E-state index in [0.717, 1.165) is 0 Å². The molecule has 2 atom stereocenters. The third-order valence-electron chi connectivity index (χ3n) is 2.62. The van der Waals surface area contributed by atoms with Gasteiger partial charge in [0, 0.05) is 13.1 Å². The number of hydrogen-bond donors (Lipinski definition) is 2. The molecule has 88 valence electrons. The van der Waals surface area contributed by atoms with Gasteiger partial charge in [0.15, 0.2) is 0 Å². The van der Waals surface area contributed by atoms with Crippen LogP contribution in [0.5, 0.6) is 0 Å². The number of hydrogen-bond acceptors (Lipinski definition) is 4. The lowest BCUT2D eigenvalue weighted by Gasteiger charge is -2.43. The predicted molar refractivity (Wildman–Crippen MR) is 54.7 cm³/mol. The van der Waals surface area contributed by atoms with Gasteiger partial charge in [-0.1, -0.05) is 0 Å². The Balaban J connectivity index is 2.69. The molecule has 1 saturated heterocycles. The van der Waals surface area contributed by atoms with E-state index in [4.69, 9.17) is 14.9 Å². The SMILES string of the molecule is CC(C(=O)O)N1CC(CO)OC(C)(C)C1. The van der Waals surface area contributed by atoms with E-state index in [9.17, 15) is 4.79 Å². The molecule has 0 aliphatic carbocycles. The second-order valence-corrected chi connectivity index (χ2v) is 4.63. The smallest absolute Gasteiger partial charge is 0.320 e. The lowest BCUT2D eigenvalue weighted by molar-refractivity contribution is -0.167. The second-order valence-electron chi connectivity index (χ2n) is 4.63. The molecule has 0 aromatic heterocycles. The van der Waals surface area contributed by atoms with Crippen molar-refractivity contribution in [3.8, 4) is 0 Å². The van der Waals surface area contributed by atoms with Gasteiger partial charge >= 0.3 is 5.97 Å². The molecule has 5 nitrogen and oxygen atoms in total. The van der Waals surface area contributed by atoms with E-state index in [1.807, 2.05) is 18.7 Å². The molecule has 1 aliphatic heterocycles. The molecule has 2 N–H and O–H groups in total. The Labute approximate surface area is 89.6 Å². The summed E-state index contributed by atoms with van der Waals surface area (Å²) in [6.45, 7) is 6.40. The summed E-state index contributed by atoms with van der Waals surface area (Å²) >= 11 is 0. The summed E-state index contributed by atoms with van der Waals surface area (Å²) in [5, 5.41) is 18.0. The zero-order valence-corrected chi connectivity index (χ0v) is 9.43. The average Bonchev–Trinajstić information content (AvgIpc) is 2.13. The van der Waals surface area contributed by atoms with Crippen LogP contribution >= 0.6 is 0 Å². The summed E-state index contributed by atoms with van der Waals surface area (Å²) in [6.07, 6.45) is -0.296. The Hall–Kier alpha value is -0.650. The van der Waals surface area contributed by atoms with Crippen molar-refractivity contribution in [3.05, 3.63) is 0 Å². The summed E-state index contributed by atoms with van der Waals surface area (Å²) in [5.41, 5.74) is -0.407. The van der Waals surface area contributed by atoms with E-state index in [0.29, 0.717) is 13.1 Å². The van der Waals surface area contributed by atoms with E-state index in [2.05, 4.69) is 0 Å². The fourth-order valence-electron chi connectivity index (χ4n) is 1.89. The van der Waals surface area contributed by atoms with E-state index in [-0.39, 0.29) is 12.7 Å². The van der Waals surface area contributed by atoms with Gasteiger partial charge in [-0.25, -0.2) is 0 Å². The van der Waals surface area contributed by atoms with Crippen molar-refractivity contribution in [2.45, 2.75) is 38.5 Å². The molecule has 0 bridgehead atoms. The van der Waals surface area contributed by atoms with Gasteiger partial charge in [0.05, 0.1) is 18.3 Å². The average molecular weight is 217 g/mol. The Kier molecular flexibility index (Phi) is 3.70. The number of morpholine rings is 1. The van der Waals surface area contributed by atoms with Crippen molar-refractivity contribution < 1.29 is 19.7 Å². The topological polar surface area (TPSA) is 70.0 Å². The van der Waals surface area contributed by atoms with Crippen molar-refractivity contribution in [1.82, 2.24) is 4.90 Å². The van der Waals surface area contributed by atoms with Gasteiger partial charge < -0.3 is 14.9 Å². The van der Waals surface area contributed by atoms with Crippen LogP contribution in [-0.2, 0) is 9.53 Å². The van der Waals surface area contributed by atoms with Crippen molar-refractivity contribution in [3.63, 3.8) is 0 Å². The van der Waals surface area contributed by atoms with Crippen molar-refractivity contribution in [2.24, 2.45) is 0 Å². The zero-order valence-electron chi connectivity index (χ0n) is 9.43. The number of aliphatic hydroxyl groups excluding tert-OH is 1. The van der Waals surface area contributed by atoms with E-state index < -0.39 is 17.6 Å². The molecule has 15 heavy (non-hydrogen) atoms. The van der Waals surface area contributed by atoms with Crippen LogP contribution in [-0.4, -0.2) is 58.5 Å². The van der Waals surface area contributed by atoms with E-state index in [1.54, 1.807) is 6.92 Å². The molecule has 1 fully saturated rings. The van der Waals surface area contributed by atoms with Crippen LogP contribution in [0.2, 0.25) is 0 Å². The minimum atomic E-state index is -0.843. The third-order valence-corrected chi connectivity index (χ3v) is 2.62. The number of aliphatic carboxylic acids is 1. The molecule has 0 aromatic carbocycles. The van der Waals surface area contributed by atoms with Gasteiger partial charge in [-0.3, -0.25) is 9.69 Å². The van der Waals surface area contributed by atoms with Crippen LogP contribution in [0.4, 0.5) is 0 Å². The zero-order chi connectivity index (χ0) is 11.6. The molecule has 0 spiro atoms. The standard InChI is InChI=1S/C10H19NO4/c1-7(9(13)14)11-4-8(5-12)15-10(2,3)6-11/h7-8,12H,4-6H2,1-3H3,(H,13,14). The lowest BCUT2D eigenvalue weighted by atomic mass is 10.0. The summed E-state index contributed by atoms with van der Waals surface area (Å²) in [4.78, 5) is 12.7. The maximum absolute atomic E-state index is 10.9. The molecular weight excluding hydrogens is 198 g/mol. The normalized spacial score (nSPS) is 28.7. The van der Waals surface area contributed by atoms with Crippen LogP contribution < -0.4 is 0 Å². The van der Waals surface area contributed by atoms with Gasteiger partial charge in [-0.05, 0) is 20.8 Å². The van der Waals surface area contributed by atoms with Crippen LogP contribution in [0.1, 0.15) is 20.8 Å². The molecule has 1 aliphatic rings. The number of rotatable bonds is 3. The van der Waals surface area contributed by atoms with Crippen molar-refractivity contribution >= 4 is 5.97 Å². The quantitative estimate of drug-likeness (QED) is 0.692. The van der Waals surface area contributed by atoms with Crippen LogP contribution in [0.3, 0.4) is 0 Å². The number of carboxylic acid groups (broad SMARTS) is 1. The molecule has 0 aromatic rings. The highest BCUT2D eigenvalue weighted by Gasteiger charge is 2.36. The Morgan fingerprint density at radius 2 is 2.27 bits per heavy atom. The van der Waals surface area contributed by atoms with E-state index in [1.165, 1.54) is 0 Å². The van der Waals surface area contributed by atoms with Gasteiger partial charge in [0.2, 0.25) is 0 Å². The van der Waals surface area contributed by atoms with Crippen LogP contribution in [0, 0.1) is 0 Å². The highest BCUT2D eigenvalue weighted by atomic mass is 16.5. The molecule has 2 unspecified atom stereocenters. The number of carboxylic acids is 1. The minimum Gasteiger partial charge on any atom is -0.480 e. The fourth-order valence-corrected chi connectivity index (χ4v) is 1.89. The van der Waals surface area contributed by atoms with Crippen molar-refractivity contribution in [1.29, 1.82) is 0 Å². The molecule has 0 saturated carbocycles. The summed E-state index contributed by atoms with van der Waals surface area (Å²) in [7, 11) is 0. The third kappa shape index (κ3) is 3.15. The lowest BCUT2D eigenvalue weighted by Crippen LogP contribution is -2.57. The largest absolute Gasteiger partial charge is 0.480 e. The highest BCUT2D eigenvalue weighted by Crippen LogP contribution is 2.22. The highest BCUT2D eigenvalue weighted by molar-refractivity contribution is 5.72. The van der Waals surface area contributed by atoms with Gasteiger partial charge in [0.25, 0.3) is 0 Å². The van der Waals surface area contributed by atoms with Crippen LogP contribution in [0.15, 0.2) is 0 Å². The monoisotopic (exact) mass is 217 g/mol. The molecular formula is C10H19NO4. The minimum absolute atomic E-state index is 0.0771. The van der Waals surface area contributed by atoms with Crippen molar-refractivity contribution in [2.75, 3.05) is 19.7 Å². The Bertz CT molecular complexity index is 242. The Morgan fingerprint density at radius 1 is 1.67 bits per heavy atom. The molecule has 0 radical (unpaired) electrons. The van der Waals surface area contributed by atoms with Gasteiger partial charge in [-0.2, -0.15) is 0 Å². The van der Waals surface area contributed by atoms with Crippen LogP contribution in [0.25, 0.3) is 0 Å². The fraction of sp³-hybridized carbons (Fsp3) is 0.900. The summed E-state index contributed by atoms with van der Waals surface area (Å²) in [5.74, 6) is -0.843. The maximum atomic E-state index is 10.9. The van der Waals surface area contributed by atoms with Gasteiger partial charge in [0.1, 0.15) is 6.04 Å². The molecule has 1 rings (SSSR count). The first-order valence-electron chi connectivity index (χ1n) is 5.11. The number of aliphatic hydroxyl groups is 1. The molecule has 5 heteroatoms. The first-order valence-corrected chi connectivity index (χ1v) is 5.11. The number of nitrogens with zero attached hydrogens (tertiary/aromatic N) is 1. The van der Waals surface area contributed by atoms with Gasteiger partial charge in [-0.15, -0.1) is 0 Å². The first-order chi connectivity index (χ1) is 6.85.